The van der Waals surface area contributed by atoms with Gasteiger partial charge < -0.3 is 10.1 Å². The van der Waals surface area contributed by atoms with Crippen LogP contribution in [0.5, 0.6) is 5.75 Å². The van der Waals surface area contributed by atoms with Crippen LogP contribution in [0.4, 0.5) is 17.1 Å². The molecule has 0 fully saturated rings. The first-order valence-corrected chi connectivity index (χ1v) is 10.2. The van der Waals surface area contributed by atoms with E-state index >= 15 is 0 Å². The third-order valence-electron chi connectivity index (χ3n) is 5.63. The molecule has 1 N–H and O–H groups in total. The Morgan fingerprint density at radius 3 is 2.18 bits per heavy atom. The summed E-state index contributed by atoms with van der Waals surface area (Å²) < 4.78 is 5.17. The number of benzene rings is 3. The minimum Gasteiger partial charge on any atom is -0.497 e. The molecule has 8 heteroatoms. The molecule has 1 aliphatic heterocycles. The fourth-order valence-corrected chi connectivity index (χ4v) is 3.68. The van der Waals surface area contributed by atoms with Crippen molar-refractivity contribution >= 4 is 34.4 Å². The van der Waals surface area contributed by atoms with Crippen LogP contribution in [-0.4, -0.2) is 23.8 Å². The SMILES string of the molecule is COc1ccc(NC2=C(c3ccc([N+](=O)[O-])cc3)C(=O)N(c3cccc(C)c3C)C2=O)cc1. The quantitative estimate of drug-likeness (QED) is 0.339. The summed E-state index contributed by atoms with van der Waals surface area (Å²) in [5, 5.41) is 14.1. The Kier molecular flexibility index (Phi) is 5.66. The summed E-state index contributed by atoms with van der Waals surface area (Å²) in [5.41, 5.74) is 3.39. The van der Waals surface area contributed by atoms with E-state index in [9.17, 15) is 19.7 Å². The predicted molar refractivity (Wildman–Crippen MR) is 125 cm³/mol. The van der Waals surface area contributed by atoms with Gasteiger partial charge in [0, 0.05) is 17.8 Å². The number of non-ortho nitro benzene ring substituents is 1. The number of imide groups is 1. The number of hydrogen-bond donors (Lipinski definition) is 1. The number of methoxy groups -OCH3 is 1. The smallest absolute Gasteiger partial charge is 0.282 e. The van der Waals surface area contributed by atoms with Crippen molar-refractivity contribution in [1.82, 2.24) is 0 Å². The molecule has 1 heterocycles. The zero-order valence-corrected chi connectivity index (χ0v) is 18.3. The number of anilines is 2. The van der Waals surface area contributed by atoms with E-state index in [1.165, 1.54) is 24.3 Å². The standard InChI is InChI=1S/C25H21N3O5/c1-15-5-4-6-21(16(15)2)27-24(29)22(17-7-11-19(12-8-17)28(31)32)23(25(27)30)26-18-9-13-20(33-3)14-10-18/h4-14,26H,1-3H3. The zero-order valence-electron chi connectivity index (χ0n) is 18.3. The maximum absolute atomic E-state index is 13.6. The molecule has 0 spiro atoms. The Bertz CT molecular complexity index is 1290. The van der Waals surface area contributed by atoms with E-state index < -0.39 is 16.7 Å². The lowest BCUT2D eigenvalue weighted by Crippen LogP contribution is -2.33. The molecule has 33 heavy (non-hydrogen) atoms. The highest BCUT2D eigenvalue weighted by atomic mass is 16.6. The van der Waals surface area contributed by atoms with E-state index in [2.05, 4.69) is 5.32 Å². The molecule has 3 aromatic rings. The molecule has 3 aromatic carbocycles. The van der Waals surface area contributed by atoms with Crippen molar-refractivity contribution in [3.63, 3.8) is 0 Å². The number of nitrogens with one attached hydrogen (secondary N) is 1. The van der Waals surface area contributed by atoms with Crippen LogP contribution in [-0.2, 0) is 9.59 Å². The maximum atomic E-state index is 13.6. The van der Waals surface area contributed by atoms with Gasteiger partial charge in [0.25, 0.3) is 17.5 Å². The third-order valence-corrected chi connectivity index (χ3v) is 5.63. The number of nitro benzene ring substituents is 1. The Hall–Kier alpha value is -4.46. The lowest BCUT2D eigenvalue weighted by molar-refractivity contribution is -0.384. The van der Waals surface area contributed by atoms with Crippen LogP contribution in [0.25, 0.3) is 5.57 Å². The highest BCUT2D eigenvalue weighted by molar-refractivity contribution is 6.46. The topological polar surface area (TPSA) is 102 Å². The highest BCUT2D eigenvalue weighted by Crippen LogP contribution is 2.36. The summed E-state index contributed by atoms with van der Waals surface area (Å²) in [6, 6.07) is 17.9. The van der Waals surface area contributed by atoms with Crippen molar-refractivity contribution in [1.29, 1.82) is 0 Å². The van der Waals surface area contributed by atoms with Gasteiger partial charge in [-0.25, -0.2) is 4.90 Å². The summed E-state index contributed by atoms with van der Waals surface area (Å²) in [7, 11) is 1.55. The van der Waals surface area contributed by atoms with Crippen LogP contribution >= 0.6 is 0 Å². The summed E-state index contributed by atoms with van der Waals surface area (Å²) in [4.78, 5) is 38.8. The van der Waals surface area contributed by atoms with Gasteiger partial charge in [0.15, 0.2) is 0 Å². The average molecular weight is 443 g/mol. The molecular weight excluding hydrogens is 422 g/mol. The molecule has 0 saturated heterocycles. The van der Waals surface area contributed by atoms with Gasteiger partial charge in [-0.1, -0.05) is 12.1 Å². The van der Waals surface area contributed by atoms with E-state index in [1.54, 1.807) is 43.5 Å². The van der Waals surface area contributed by atoms with Gasteiger partial charge >= 0.3 is 0 Å². The van der Waals surface area contributed by atoms with Gasteiger partial charge in [0.1, 0.15) is 11.4 Å². The third kappa shape index (κ3) is 3.94. The minimum atomic E-state index is -0.515. The fraction of sp³-hybridized carbons (Fsp3) is 0.120. The molecule has 0 aliphatic carbocycles. The van der Waals surface area contributed by atoms with Gasteiger partial charge in [-0.15, -0.1) is 0 Å². The molecule has 0 atom stereocenters. The molecule has 166 valence electrons. The molecule has 8 nitrogen and oxygen atoms in total. The van der Waals surface area contributed by atoms with Gasteiger partial charge in [-0.3, -0.25) is 19.7 Å². The van der Waals surface area contributed by atoms with Crippen LogP contribution in [0.3, 0.4) is 0 Å². The van der Waals surface area contributed by atoms with Crippen molar-refractivity contribution in [3.8, 4) is 5.75 Å². The lowest BCUT2D eigenvalue weighted by Gasteiger charge is -2.19. The van der Waals surface area contributed by atoms with Gasteiger partial charge in [0.2, 0.25) is 0 Å². The predicted octanol–water partition coefficient (Wildman–Crippen LogP) is 4.62. The molecule has 2 amide bonds. The average Bonchev–Trinajstić information content (AvgIpc) is 3.05. The van der Waals surface area contributed by atoms with E-state index in [0.717, 1.165) is 16.0 Å². The molecule has 0 aromatic heterocycles. The van der Waals surface area contributed by atoms with Crippen LogP contribution in [0.2, 0.25) is 0 Å². The van der Waals surface area contributed by atoms with E-state index in [-0.39, 0.29) is 17.0 Å². The van der Waals surface area contributed by atoms with Crippen molar-refractivity contribution in [2.24, 2.45) is 0 Å². The number of nitrogens with zero attached hydrogens (tertiary/aromatic N) is 2. The van der Waals surface area contributed by atoms with Crippen molar-refractivity contribution in [3.05, 3.63) is 99.2 Å². The lowest BCUT2D eigenvalue weighted by atomic mass is 10.0. The van der Waals surface area contributed by atoms with Crippen LogP contribution < -0.4 is 15.0 Å². The zero-order chi connectivity index (χ0) is 23.7. The first-order chi connectivity index (χ1) is 15.8. The van der Waals surface area contributed by atoms with E-state index in [0.29, 0.717) is 22.7 Å². The minimum absolute atomic E-state index is 0.0972. The van der Waals surface area contributed by atoms with Crippen molar-refractivity contribution in [2.45, 2.75) is 13.8 Å². The molecular formula is C25H21N3O5. The second-order valence-corrected chi connectivity index (χ2v) is 7.57. The number of nitro groups is 1. The molecule has 0 saturated carbocycles. The monoisotopic (exact) mass is 443 g/mol. The summed E-state index contributed by atoms with van der Waals surface area (Å²) in [5.74, 6) is -0.354. The first kappa shape index (κ1) is 21.8. The number of ether oxygens (including phenoxy) is 1. The summed E-state index contributed by atoms with van der Waals surface area (Å²) in [6.45, 7) is 3.76. The maximum Gasteiger partial charge on any atom is 0.282 e. The Balaban J connectivity index is 1.82. The van der Waals surface area contributed by atoms with E-state index in [4.69, 9.17) is 4.74 Å². The molecule has 0 radical (unpaired) electrons. The second-order valence-electron chi connectivity index (χ2n) is 7.57. The Morgan fingerprint density at radius 1 is 0.909 bits per heavy atom. The first-order valence-electron chi connectivity index (χ1n) is 10.2. The normalized spacial score (nSPS) is 13.5. The number of carbonyl (C=O) groups excluding carboxylic acids is 2. The van der Waals surface area contributed by atoms with Crippen LogP contribution in [0.1, 0.15) is 16.7 Å². The number of rotatable bonds is 6. The van der Waals surface area contributed by atoms with Gasteiger partial charge in [-0.2, -0.15) is 0 Å². The molecule has 0 unspecified atom stereocenters. The van der Waals surface area contributed by atoms with Crippen LogP contribution in [0, 0.1) is 24.0 Å². The number of amides is 2. The highest BCUT2D eigenvalue weighted by Gasteiger charge is 2.41. The van der Waals surface area contributed by atoms with E-state index in [1.807, 2.05) is 19.9 Å². The van der Waals surface area contributed by atoms with Gasteiger partial charge in [-0.05, 0) is 73.0 Å². The Morgan fingerprint density at radius 2 is 1.58 bits per heavy atom. The van der Waals surface area contributed by atoms with Crippen molar-refractivity contribution < 1.29 is 19.2 Å². The Labute approximate surface area is 190 Å². The molecule has 1 aliphatic rings. The number of carbonyl (C=O) groups is 2. The summed E-state index contributed by atoms with van der Waals surface area (Å²) >= 11 is 0. The number of hydrogen-bond acceptors (Lipinski definition) is 6. The van der Waals surface area contributed by atoms with Crippen molar-refractivity contribution in [2.75, 3.05) is 17.3 Å². The number of aryl methyl sites for hydroxylation is 1. The van der Waals surface area contributed by atoms with Crippen LogP contribution in [0.15, 0.2) is 72.4 Å². The molecule has 4 rings (SSSR count). The molecule has 0 bridgehead atoms. The summed E-state index contributed by atoms with van der Waals surface area (Å²) in [6.07, 6.45) is 0. The van der Waals surface area contributed by atoms with Gasteiger partial charge in [0.05, 0.1) is 23.3 Å². The second kappa shape index (κ2) is 8.58. The fourth-order valence-electron chi connectivity index (χ4n) is 3.68. The largest absolute Gasteiger partial charge is 0.497 e.